The third kappa shape index (κ3) is 3.49. The molecule has 0 aliphatic carbocycles. The van der Waals surface area contributed by atoms with E-state index in [2.05, 4.69) is 29.2 Å². The molecule has 1 aliphatic rings. The lowest BCUT2D eigenvalue weighted by atomic mass is 10.0. The number of hydrogen-bond acceptors (Lipinski definition) is 3. The molecule has 2 nitrogen and oxygen atoms in total. The number of carbonyl (C=O) groups is 1. The number of carbonyl (C=O) groups excluding carboxylic acids is 1. The van der Waals surface area contributed by atoms with Crippen molar-refractivity contribution in [1.82, 2.24) is 4.90 Å². The van der Waals surface area contributed by atoms with Gasteiger partial charge in [-0.1, -0.05) is 47.5 Å². The largest absolute Gasteiger partial charge is 0.295 e. The van der Waals surface area contributed by atoms with E-state index in [9.17, 15) is 4.79 Å². The second-order valence-corrected chi connectivity index (χ2v) is 7.49. The molecule has 2 aromatic rings. The zero-order chi connectivity index (χ0) is 14.8. The molecule has 1 aliphatic heterocycles. The van der Waals surface area contributed by atoms with Gasteiger partial charge in [-0.2, -0.15) is 0 Å². The molecular weight excluding hydrogens is 325 g/mol. The van der Waals surface area contributed by atoms with Crippen molar-refractivity contribution in [1.29, 1.82) is 0 Å². The molecule has 0 N–H and O–H groups in total. The van der Waals surface area contributed by atoms with E-state index >= 15 is 0 Å². The van der Waals surface area contributed by atoms with Crippen LogP contribution in [0.25, 0.3) is 0 Å². The molecule has 3 rings (SSSR count). The summed E-state index contributed by atoms with van der Waals surface area (Å²) in [5.41, 5.74) is 3.33. The van der Waals surface area contributed by atoms with Gasteiger partial charge < -0.3 is 0 Å². The van der Waals surface area contributed by atoms with Crippen molar-refractivity contribution >= 4 is 40.3 Å². The predicted octanol–water partition coefficient (Wildman–Crippen LogP) is 4.34. The number of benzene rings is 1. The molecule has 0 radical (unpaired) electrons. The first-order chi connectivity index (χ1) is 10.1. The molecule has 0 spiro atoms. The van der Waals surface area contributed by atoms with Crippen LogP contribution in [-0.4, -0.2) is 30.3 Å². The summed E-state index contributed by atoms with van der Waals surface area (Å²) in [6.45, 7) is 2.21. The average molecular weight is 340 g/mol. The van der Waals surface area contributed by atoms with E-state index in [0.717, 1.165) is 25.9 Å². The average Bonchev–Trinajstić information content (AvgIpc) is 2.69. The maximum absolute atomic E-state index is 12.4. The Hall–Kier alpha value is -0.870. The Labute approximate surface area is 138 Å². The molecule has 0 saturated heterocycles. The second-order valence-electron chi connectivity index (χ2n) is 5.21. The molecule has 0 unspecified atom stereocenters. The summed E-state index contributed by atoms with van der Waals surface area (Å²) in [5.74, 6) is 0.0501. The Morgan fingerprint density at radius 1 is 1.14 bits per heavy atom. The van der Waals surface area contributed by atoms with Gasteiger partial charge >= 0.3 is 0 Å². The van der Waals surface area contributed by atoms with E-state index in [1.165, 1.54) is 22.5 Å². The van der Waals surface area contributed by atoms with Crippen LogP contribution >= 0.6 is 34.5 Å². The molecule has 110 valence electrons. The van der Waals surface area contributed by atoms with Crippen LogP contribution in [-0.2, 0) is 12.8 Å². The molecule has 0 amide bonds. The first kappa shape index (κ1) is 15.0. The topological polar surface area (TPSA) is 20.3 Å². The quantitative estimate of drug-likeness (QED) is 0.775. The number of fused-ring (bicyclic) bond motifs is 1. The fourth-order valence-corrected chi connectivity index (χ4v) is 4.19. The normalized spacial score (nSPS) is 15.5. The number of hydrogen-bond donors (Lipinski definition) is 0. The van der Waals surface area contributed by atoms with Crippen LogP contribution in [0.4, 0.5) is 0 Å². The van der Waals surface area contributed by atoms with E-state index in [-0.39, 0.29) is 5.78 Å². The monoisotopic (exact) mass is 339 g/mol. The maximum Gasteiger partial charge on any atom is 0.179 e. The van der Waals surface area contributed by atoms with Crippen molar-refractivity contribution in [3.8, 4) is 0 Å². The fourth-order valence-electron chi connectivity index (χ4n) is 2.69. The van der Waals surface area contributed by atoms with Gasteiger partial charge in [-0.15, -0.1) is 11.3 Å². The van der Waals surface area contributed by atoms with Crippen LogP contribution in [0.2, 0.25) is 8.67 Å². The molecule has 1 aromatic heterocycles. The smallest absolute Gasteiger partial charge is 0.179 e. The van der Waals surface area contributed by atoms with Crippen LogP contribution in [0, 0.1) is 0 Å². The highest BCUT2D eigenvalue weighted by molar-refractivity contribution is 7.20. The third-order valence-electron chi connectivity index (χ3n) is 3.84. The Kier molecular flexibility index (Phi) is 4.65. The minimum atomic E-state index is 0.0501. The minimum absolute atomic E-state index is 0.0501. The Morgan fingerprint density at radius 3 is 2.29 bits per heavy atom. The highest BCUT2D eigenvalue weighted by Gasteiger charge is 2.19. The molecule has 5 heteroatoms. The van der Waals surface area contributed by atoms with Gasteiger partial charge in [-0.25, -0.2) is 0 Å². The van der Waals surface area contributed by atoms with Gasteiger partial charge in [0, 0.05) is 13.1 Å². The van der Waals surface area contributed by atoms with Crippen molar-refractivity contribution in [2.24, 2.45) is 0 Å². The number of rotatable bonds is 3. The van der Waals surface area contributed by atoms with Gasteiger partial charge in [0.05, 0.1) is 16.4 Å². The van der Waals surface area contributed by atoms with E-state index < -0.39 is 0 Å². The van der Waals surface area contributed by atoms with E-state index in [1.54, 1.807) is 6.07 Å². The second kappa shape index (κ2) is 6.49. The van der Waals surface area contributed by atoms with Crippen molar-refractivity contribution in [2.45, 2.75) is 12.8 Å². The van der Waals surface area contributed by atoms with Crippen molar-refractivity contribution in [3.05, 3.63) is 55.7 Å². The number of ketones is 1. The molecule has 0 bridgehead atoms. The first-order valence-corrected chi connectivity index (χ1v) is 8.48. The molecule has 21 heavy (non-hydrogen) atoms. The number of Topliss-reactive ketones (excluding diaryl/α,β-unsaturated/α-hetero) is 1. The van der Waals surface area contributed by atoms with Crippen LogP contribution in [0.15, 0.2) is 30.3 Å². The summed E-state index contributed by atoms with van der Waals surface area (Å²) in [4.78, 5) is 14.6. The first-order valence-electron chi connectivity index (χ1n) is 6.90. The molecule has 0 fully saturated rings. The van der Waals surface area contributed by atoms with E-state index in [4.69, 9.17) is 23.2 Å². The molecule has 0 saturated carbocycles. The van der Waals surface area contributed by atoms with Gasteiger partial charge in [-0.3, -0.25) is 9.69 Å². The maximum atomic E-state index is 12.4. The standard InChI is InChI=1S/C16H15Cl2NOS/c17-15-9-13(16(18)21-15)14(20)10-19-7-5-11-3-1-2-4-12(11)6-8-19/h1-4,9H,5-8,10H2. The summed E-state index contributed by atoms with van der Waals surface area (Å²) in [5, 5.41) is 0. The van der Waals surface area contributed by atoms with Crippen molar-refractivity contribution in [3.63, 3.8) is 0 Å². The van der Waals surface area contributed by atoms with Gasteiger partial charge in [0.1, 0.15) is 4.34 Å². The summed E-state index contributed by atoms with van der Waals surface area (Å²) >= 11 is 13.2. The number of thiophene rings is 1. The SMILES string of the molecule is O=C(CN1CCc2ccccc2CC1)c1cc(Cl)sc1Cl. The lowest BCUT2D eigenvalue weighted by molar-refractivity contribution is 0.0934. The predicted molar refractivity (Wildman–Crippen MR) is 89.0 cm³/mol. The summed E-state index contributed by atoms with van der Waals surface area (Å²) in [6, 6.07) is 10.2. The molecule has 1 aromatic carbocycles. The van der Waals surface area contributed by atoms with Gasteiger partial charge in [0.2, 0.25) is 0 Å². The zero-order valence-corrected chi connectivity index (χ0v) is 13.8. The van der Waals surface area contributed by atoms with Gasteiger partial charge in [-0.05, 0) is 30.0 Å². The van der Waals surface area contributed by atoms with Crippen LogP contribution in [0.3, 0.4) is 0 Å². The minimum Gasteiger partial charge on any atom is -0.295 e. The molecule has 0 atom stereocenters. The van der Waals surface area contributed by atoms with Crippen LogP contribution in [0.5, 0.6) is 0 Å². The Balaban J connectivity index is 1.67. The fraction of sp³-hybridized carbons (Fsp3) is 0.312. The van der Waals surface area contributed by atoms with E-state index in [0.29, 0.717) is 20.8 Å². The number of nitrogens with zero attached hydrogens (tertiary/aromatic N) is 1. The Bertz CT molecular complexity index is 641. The summed E-state index contributed by atoms with van der Waals surface area (Å²) < 4.78 is 1.05. The van der Waals surface area contributed by atoms with Gasteiger partial charge in [0.25, 0.3) is 0 Å². The lowest BCUT2D eigenvalue weighted by Gasteiger charge is -2.18. The van der Waals surface area contributed by atoms with E-state index in [1.807, 2.05) is 0 Å². The van der Waals surface area contributed by atoms with Crippen LogP contribution in [0.1, 0.15) is 21.5 Å². The van der Waals surface area contributed by atoms with Gasteiger partial charge in [0.15, 0.2) is 5.78 Å². The summed E-state index contributed by atoms with van der Waals surface area (Å²) in [6.07, 6.45) is 1.98. The third-order valence-corrected chi connectivity index (χ3v) is 5.33. The highest BCUT2D eigenvalue weighted by Crippen LogP contribution is 2.31. The number of halogens is 2. The molecule has 2 heterocycles. The highest BCUT2D eigenvalue weighted by atomic mass is 35.5. The lowest BCUT2D eigenvalue weighted by Crippen LogP contribution is -2.32. The zero-order valence-electron chi connectivity index (χ0n) is 11.4. The Morgan fingerprint density at radius 2 is 1.76 bits per heavy atom. The van der Waals surface area contributed by atoms with Crippen molar-refractivity contribution in [2.75, 3.05) is 19.6 Å². The molecular formula is C16H15Cl2NOS. The summed E-state index contributed by atoms with van der Waals surface area (Å²) in [7, 11) is 0. The van der Waals surface area contributed by atoms with Crippen molar-refractivity contribution < 1.29 is 4.79 Å². The van der Waals surface area contributed by atoms with Crippen LogP contribution < -0.4 is 0 Å².